The predicted molar refractivity (Wildman–Crippen MR) is 69.6 cm³/mol. The number of hydrogen-bond acceptors (Lipinski definition) is 3. The molecule has 0 aliphatic heterocycles. The average molecular weight is 239 g/mol. The molecule has 0 radical (unpaired) electrons. The quantitative estimate of drug-likeness (QED) is 0.494. The Bertz CT molecular complexity index is 377. The summed E-state index contributed by atoms with van der Waals surface area (Å²) in [5.74, 6) is -0.185. The van der Waals surface area contributed by atoms with Crippen molar-refractivity contribution in [2.75, 3.05) is 25.7 Å². The molecule has 0 atom stereocenters. The van der Waals surface area contributed by atoms with Crippen LogP contribution < -0.4 is 11.0 Å². The van der Waals surface area contributed by atoms with Crippen LogP contribution in [0.25, 0.3) is 0 Å². The van der Waals surface area contributed by atoms with Crippen LogP contribution in [0.3, 0.4) is 0 Å². The third kappa shape index (κ3) is 3.49. The molecule has 88 valence electrons. The minimum absolute atomic E-state index is 0.185. The maximum atomic E-state index is 11.3. The highest BCUT2D eigenvalue weighted by molar-refractivity contribution is 7.64. The Hall–Kier alpha value is -1.08. The van der Waals surface area contributed by atoms with Gasteiger partial charge < -0.3 is 10.5 Å². The molecule has 0 unspecified atom stereocenters. The summed E-state index contributed by atoms with van der Waals surface area (Å²) in [5, 5.41) is 1.15. The highest BCUT2D eigenvalue weighted by Gasteiger charge is 2.08. The molecule has 0 spiro atoms. The number of anilines is 1. The number of nitrogen functional groups attached to an aromatic ring is 1. The van der Waals surface area contributed by atoms with E-state index in [0.29, 0.717) is 13.0 Å². The summed E-state index contributed by atoms with van der Waals surface area (Å²) in [6.45, 7) is 6.53. The first-order valence-electron chi connectivity index (χ1n) is 5.26. The molecule has 0 amide bonds. The van der Waals surface area contributed by atoms with Gasteiger partial charge in [0.15, 0.2) is 0 Å². The molecule has 2 N–H and O–H groups in total. The van der Waals surface area contributed by atoms with E-state index in [1.807, 2.05) is 25.1 Å². The average Bonchev–Trinajstić information content (AvgIpc) is 2.21. The maximum Gasteiger partial charge on any atom is 0.310 e. The monoisotopic (exact) mass is 239 g/mol. The van der Waals surface area contributed by atoms with Crippen LogP contribution in [0, 0.1) is 0 Å². The Morgan fingerprint density at radius 3 is 2.69 bits per heavy atom. The first kappa shape index (κ1) is 13.0. The number of hydrogen-bond donors (Lipinski definition) is 1. The van der Waals surface area contributed by atoms with E-state index in [2.05, 4.69) is 13.3 Å². The summed E-state index contributed by atoms with van der Waals surface area (Å²) >= 11 is 0. The second-order valence-electron chi connectivity index (χ2n) is 3.77. The van der Waals surface area contributed by atoms with Crippen molar-refractivity contribution >= 4 is 24.9 Å². The van der Waals surface area contributed by atoms with Crippen LogP contribution in [0.1, 0.15) is 12.5 Å². The van der Waals surface area contributed by atoms with Gasteiger partial charge in [-0.3, -0.25) is 4.79 Å². The zero-order valence-corrected chi connectivity index (χ0v) is 10.9. The van der Waals surface area contributed by atoms with E-state index in [-0.39, 0.29) is 13.9 Å². The first-order valence-corrected chi connectivity index (χ1v) is 7.49. The number of carbonyl (C=O) groups is 1. The van der Waals surface area contributed by atoms with Gasteiger partial charge in [0.2, 0.25) is 0 Å². The minimum Gasteiger partial charge on any atom is -0.466 e. The third-order valence-electron chi connectivity index (χ3n) is 2.23. The van der Waals surface area contributed by atoms with Crippen molar-refractivity contribution in [3.8, 4) is 0 Å². The molecule has 0 saturated carbocycles. The van der Waals surface area contributed by atoms with E-state index >= 15 is 0 Å². The summed E-state index contributed by atoms with van der Waals surface area (Å²) in [7, 11) is -0.243. The molecular formula is C12H18NO2P. The Labute approximate surface area is 97.7 Å². The lowest BCUT2D eigenvalue weighted by molar-refractivity contribution is -0.142. The molecule has 3 nitrogen and oxygen atoms in total. The molecule has 4 heteroatoms. The number of nitrogens with two attached hydrogens (primary N) is 1. The summed E-state index contributed by atoms with van der Waals surface area (Å²) in [6, 6.07) is 5.76. The number of carbonyl (C=O) groups excluding carboxylic acids is 1. The lowest BCUT2D eigenvalue weighted by atomic mass is 10.1. The van der Waals surface area contributed by atoms with Crippen LogP contribution in [0.4, 0.5) is 5.69 Å². The summed E-state index contributed by atoms with van der Waals surface area (Å²) in [5.41, 5.74) is 7.66. The smallest absolute Gasteiger partial charge is 0.310 e. The van der Waals surface area contributed by atoms with Crippen LogP contribution in [0.2, 0.25) is 0 Å². The Morgan fingerprint density at radius 2 is 2.12 bits per heavy atom. The fourth-order valence-corrected chi connectivity index (χ4v) is 2.48. The van der Waals surface area contributed by atoms with Gasteiger partial charge in [-0.2, -0.15) is 0 Å². The first-order chi connectivity index (χ1) is 7.54. The molecule has 0 saturated heterocycles. The molecule has 1 aromatic carbocycles. The van der Waals surface area contributed by atoms with Gasteiger partial charge in [0, 0.05) is 5.69 Å². The number of benzene rings is 1. The van der Waals surface area contributed by atoms with Crippen molar-refractivity contribution in [2.45, 2.75) is 13.3 Å². The van der Waals surface area contributed by atoms with Crippen molar-refractivity contribution in [3.63, 3.8) is 0 Å². The third-order valence-corrected chi connectivity index (χ3v) is 3.58. The van der Waals surface area contributed by atoms with Gasteiger partial charge in [-0.1, -0.05) is 14.0 Å². The van der Waals surface area contributed by atoms with Crippen molar-refractivity contribution in [2.24, 2.45) is 0 Å². The standard InChI is InChI=1S/C12H18NO2P/c1-4-15-12(14)8-9-5-6-10(13)11(7-9)16(2)3/h5-7H,4,8,13H2,1-3H3. The van der Waals surface area contributed by atoms with Crippen molar-refractivity contribution in [1.29, 1.82) is 0 Å². The van der Waals surface area contributed by atoms with Crippen LogP contribution in [0.5, 0.6) is 0 Å². The zero-order valence-electron chi connectivity index (χ0n) is 9.99. The largest absolute Gasteiger partial charge is 0.466 e. The fourth-order valence-electron chi connectivity index (χ4n) is 1.47. The molecule has 0 aliphatic rings. The SMILES string of the molecule is CCOC(=O)Cc1ccc(N)c(P(C)C)c1. The second-order valence-corrected chi connectivity index (χ2v) is 6.04. The zero-order chi connectivity index (χ0) is 12.1. The van der Waals surface area contributed by atoms with E-state index in [0.717, 1.165) is 16.6 Å². The van der Waals surface area contributed by atoms with Crippen LogP contribution in [-0.4, -0.2) is 25.9 Å². The Kier molecular flexibility index (Phi) is 4.75. The number of rotatable bonds is 4. The van der Waals surface area contributed by atoms with Crippen LogP contribution in [0.15, 0.2) is 18.2 Å². The van der Waals surface area contributed by atoms with E-state index < -0.39 is 0 Å². The van der Waals surface area contributed by atoms with Crippen LogP contribution in [-0.2, 0) is 16.0 Å². The summed E-state index contributed by atoms with van der Waals surface area (Å²) < 4.78 is 4.91. The highest BCUT2D eigenvalue weighted by atomic mass is 31.1. The molecule has 0 heterocycles. The van der Waals surface area contributed by atoms with E-state index in [1.165, 1.54) is 0 Å². The normalized spacial score (nSPS) is 10.5. The molecule has 0 aromatic heterocycles. The van der Waals surface area contributed by atoms with Crippen molar-refractivity contribution in [3.05, 3.63) is 23.8 Å². The summed E-state index contributed by atoms with van der Waals surface area (Å²) in [6.07, 6.45) is 0.324. The van der Waals surface area contributed by atoms with Gasteiger partial charge in [-0.25, -0.2) is 0 Å². The van der Waals surface area contributed by atoms with Crippen molar-refractivity contribution in [1.82, 2.24) is 0 Å². The molecular weight excluding hydrogens is 221 g/mol. The molecule has 0 aliphatic carbocycles. The predicted octanol–water partition coefficient (Wildman–Crippen LogP) is 1.74. The summed E-state index contributed by atoms with van der Waals surface area (Å²) in [4.78, 5) is 11.3. The van der Waals surface area contributed by atoms with Gasteiger partial charge in [0.05, 0.1) is 13.0 Å². The van der Waals surface area contributed by atoms with E-state index in [4.69, 9.17) is 10.5 Å². The van der Waals surface area contributed by atoms with Gasteiger partial charge in [0.25, 0.3) is 0 Å². The molecule has 1 rings (SSSR count). The topological polar surface area (TPSA) is 52.3 Å². The fraction of sp³-hybridized carbons (Fsp3) is 0.417. The molecule has 0 bridgehead atoms. The number of esters is 1. The van der Waals surface area contributed by atoms with E-state index in [9.17, 15) is 4.79 Å². The Balaban J connectivity index is 2.82. The van der Waals surface area contributed by atoms with Gasteiger partial charge in [0.1, 0.15) is 0 Å². The lowest BCUT2D eigenvalue weighted by Crippen LogP contribution is -2.12. The lowest BCUT2D eigenvalue weighted by Gasteiger charge is -2.11. The Morgan fingerprint density at radius 1 is 1.44 bits per heavy atom. The molecule has 0 fully saturated rings. The highest BCUT2D eigenvalue weighted by Crippen LogP contribution is 2.27. The molecule has 1 aromatic rings. The van der Waals surface area contributed by atoms with E-state index in [1.54, 1.807) is 0 Å². The van der Waals surface area contributed by atoms with Crippen molar-refractivity contribution < 1.29 is 9.53 Å². The van der Waals surface area contributed by atoms with Gasteiger partial charge in [-0.05, 0) is 43.3 Å². The van der Waals surface area contributed by atoms with Crippen LogP contribution >= 0.6 is 7.92 Å². The molecule has 16 heavy (non-hydrogen) atoms. The second kappa shape index (κ2) is 5.86. The maximum absolute atomic E-state index is 11.3. The van der Waals surface area contributed by atoms with Gasteiger partial charge >= 0.3 is 5.97 Å². The number of ether oxygens (including phenoxy) is 1. The minimum atomic E-state index is -0.243. The van der Waals surface area contributed by atoms with Gasteiger partial charge in [-0.15, -0.1) is 0 Å².